The van der Waals surface area contributed by atoms with Crippen LogP contribution in [0.1, 0.15) is 33.1 Å². The van der Waals surface area contributed by atoms with E-state index in [1.54, 1.807) is 50.5 Å². The molecule has 1 atom stereocenters. The van der Waals surface area contributed by atoms with Gasteiger partial charge in [0.05, 0.1) is 6.04 Å². The molecule has 4 rings (SSSR count). The van der Waals surface area contributed by atoms with Crippen molar-refractivity contribution in [3.05, 3.63) is 101 Å². The Balaban J connectivity index is 1.54. The van der Waals surface area contributed by atoms with Crippen molar-refractivity contribution in [2.45, 2.75) is 18.9 Å². The lowest BCUT2D eigenvalue weighted by Gasteiger charge is -2.22. The highest BCUT2D eigenvalue weighted by atomic mass is 19.1. The summed E-state index contributed by atoms with van der Waals surface area (Å²) in [5, 5.41) is 2.70. The summed E-state index contributed by atoms with van der Waals surface area (Å²) in [5.74, 6) is -2.66. The molecule has 0 radical (unpaired) electrons. The molecule has 1 N–H and O–H groups in total. The largest absolute Gasteiger partial charge is 0.345 e. The molecular formula is C27H25F2N3O3. The summed E-state index contributed by atoms with van der Waals surface area (Å²) in [6.07, 6.45) is 0.687. The Hall–Kier alpha value is -4.07. The molecule has 0 spiro atoms. The molecule has 8 heteroatoms. The molecule has 0 fully saturated rings. The molecule has 0 saturated heterocycles. The summed E-state index contributed by atoms with van der Waals surface area (Å²) in [6.45, 7) is 0.301. The fraction of sp³-hybridized carbons (Fsp3) is 0.222. The van der Waals surface area contributed by atoms with Gasteiger partial charge in [0.15, 0.2) is 0 Å². The number of halogens is 2. The summed E-state index contributed by atoms with van der Waals surface area (Å²) in [7, 11) is 3.32. The summed E-state index contributed by atoms with van der Waals surface area (Å²) in [5.41, 5.74) is 2.95. The quantitative estimate of drug-likeness (QED) is 0.571. The summed E-state index contributed by atoms with van der Waals surface area (Å²) in [6, 6.07) is 15.9. The number of nitrogens with one attached hydrogen (secondary N) is 1. The molecule has 0 aliphatic carbocycles. The fourth-order valence-corrected chi connectivity index (χ4v) is 4.22. The molecule has 1 heterocycles. The minimum atomic E-state index is -0.850. The molecule has 1 aliphatic rings. The summed E-state index contributed by atoms with van der Waals surface area (Å²) in [4.78, 5) is 41.2. The van der Waals surface area contributed by atoms with Gasteiger partial charge < -0.3 is 15.1 Å². The van der Waals surface area contributed by atoms with E-state index in [2.05, 4.69) is 5.32 Å². The molecule has 35 heavy (non-hydrogen) atoms. The summed E-state index contributed by atoms with van der Waals surface area (Å²) >= 11 is 0. The van der Waals surface area contributed by atoms with Gasteiger partial charge in [0, 0.05) is 31.9 Å². The van der Waals surface area contributed by atoms with E-state index in [1.165, 1.54) is 40.1 Å². The van der Waals surface area contributed by atoms with E-state index < -0.39 is 29.5 Å². The Kier molecular flexibility index (Phi) is 6.91. The third kappa shape index (κ3) is 5.37. The number of hydrogen-bond donors (Lipinski definition) is 1. The van der Waals surface area contributed by atoms with Crippen LogP contribution in [-0.4, -0.2) is 43.3 Å². The normalized spacial score (nSPS) is 13.2. The van der Waals surface area contributed by atoms with Crippen LogP contribution < -0.4 is 10.2 Å². The molecule has 0 saturated carbocycles. The Morgan fingerprint density at radius 2 is 1.69 bits per heavy atom. The number of nitrogens with zero attached hydrogens (tertiary/aromatic N) is 2. The Morgan fingerprint density at radius 3 is 2.37 bits per heavy atom. The molecule has 0 bridgehead atoms. The van der Waals surface area contributed by atoms with E-state index in [1.807, 2.05) is 0 Å². The van der Waals surface area contributed by atoms with Gasteiger partial charge in [-0.25, -0.2) is 8.78 Å². The second-order valence-electron chi connectivity index (χ2n) is 8.66. The van der Waals surface area contributed by atoms with Crippen molar-refractivity contribution in [3.8, 4) is 0 Å². The van der Waals surface area contributed by atoms with Gasteiger partial charge in [-0.05, 0) is 72.0 Å². The zero-order valence-electron chi connectivity index (χ0n) is 19.4. The molecular weight excluding hydrogens is 452 g/mol. The van der Waals surface area contributed by atoms with Crippen molar-refractivity contribution >= 4 is 23.4 Å². The average Bonchev–Trinajstić information content (AvgIpc) is 3.25. The van der Waals surface area contributed by atoms with Crippen molar-refractivity contribution in [3.63, 3.8) is 0 Å². The maximum atomic E-state index is 13.9. The van der Waals surface area contributed by atoms with E-state index in [9.17, 15) is 23.2 Å². The Bertz CT molecular complexity index is 1290. The van der Waals surface area contributed by atoms with Crippen LogP contribution in [0.3, 0.4) is 0 Å². The maximum absolute atomic E-state index is 13.9. The van der Waals surface area contributed by atoms with Gasteiger partial charge in [0.1, 0.15) is 11.6 Å². The number of benzene rings is 3. The van der Waals surface area contributed by atoms with Gasteiger partial charge in [-0.3, -0.25) is 14.4 Å². The van der Waals surface area contributed by atoms with E-state index in [-0.39, 0.29) is 12.3 Å². The Labute approximate surface area is 202 Å². The lowest BCUT2D eigenvalue weighted by molar-refractivity contribution is -0.138. The lowest BCUT2D eigenvalue weighted by Crippen LogP contribution is -2.44. The predicted octanol–water partition coefficient (Wildman–Crippen LogP) is 3.66. The van der Waals surface area contributed by atoms with Crippen LogP contribution in [0, 0.1) is 11.6 Å². The van der Waals surface area contributed by atoms with E-state index in [0.717, 1.165) is 5.56 Å². The molecule has 3 aromatic carbocycles. The zero-order valence-corrected chi connectivity index (χ0v) is 19.4. The molecule has 3 amide bonds. The third-order valence-corrected chi connectivity index (χ3v) is 5.95. The molecule has 0 aromatic heterocycles. The SMILES string of the molecule is CN(C)C(=O)c1ccc2c(c1)CCN2C(=O)C(=O)NC(Cc1cccc(F)c1)c1cccc(F)c1. The second-order valence-corrected chi connectivity index (χ2v) is 8.66. The van der Waals surface area contributed by atoms with Crippen molar-refractivity contribution in [1.29, 1.82) is 0 Å². The van der Waals surface area contributed by atoms with Crippen LogP contribution in [0.4, 0.5) is 14.5 Å². The van der Waals surface area contributed by atoms with Crippen molar-refractivity contribution in [2.24, 2.45) is 0 Å². The minimum absolute atomic E-state index is 0.148. The maximum Gasteiger partial charge on any atom is 0.316 e. The van der Waals surface area contributed by atoms with E-state index >= 15 is 0 Å². The van der Waals surface area contributed by atoms with Crippen molar-refractivity contribution < 1.29 is 23.2 Å². The standard InChI is InChI=1S/C27H25F2N3O3/c1-31(2)26(34)20-9-10-24-19(15-20)11-12-32(24)27(35)25(33)30-23(18-6-4-8-22(29)16-18)14-17-5-3-7-21(28)13-17/h3-10,13,15-16,23H,11-12,14H2,1-2H3,(H,30,33). The molecule has 3 aromatic rings. The number of hydrogen-bond acceptors (Lipinski definition) is 3. The van der Waals surface area contributed by atoms with Crippen LogP contribution in [-0.2, 0) is 22.4 Å². The lowest BCUT2D eigenvalue weighted by atomic mass is 9.98. The van der Waals surface area contributed by atoms with Gasteiger partial charge in [0.25, 0.3) is 5.91 Å². The van der Waals surface area contributed by atoms with Crippen molar-refractivity contribution in [2.75, 3.05) is 25.5 Å². The van der Waals surface area contributed by atoms with Gasteiger partial charge in [-0.2, -0.15) is 0 Å². The van der Waals surface area contributed by atoms with E-state index in [4.69, 9.17) is 0 Å². The first-order valence-corrected chi connectivity index (χ1v) is 11.2. The fourth-order valence-electron chi connectivity index (χ4n) is 4.22. The topological polar surface area (TPSA) is 69.7 Å². The third-order valence-electron chi connectivity index (χ3n) is 5.95. The van der Waals surface area contributed by atoms with Crippen molar-refractivity contribution in [1.82, 2.24) is 10.2 Å². The number of amides is 3. The van der Waals surface area contributed by atoms with E-state index in [0.29, 0.717) is 35.3 Å². The first-order valence-electron chi connectivity index (χ1n) is 11.2. The highest BCUT2D eigenvalue weighted by molar-refractivity contribution is 6.40. The van der Waals surface area contributed by atoms with Crippen LogP contribution >= 0.6 is 0 Å². The number of rotatable bonds is 5. The summed E-state index contributed by atoms with van der Waals surface area (Å²) < 4.78 is 27.6. The smallest absolute Gasteiger partial charge is 0.316 e. The highest BCUT2D eigenvalue weighted by Gasteiger charge is 2.31. The van der Waals surface area contributed by atoms with Crippen LogP contribution in [0.2, 0.25) is 0 Å². The number of anilines is 1. The average molecular weight is 478 g/mol. The zero-order chi connectivity index (χ0) is 25.1. The number of carbonyl (C=O) groups excluding carboxylic acids is 3. The van der Waals surface area contributed by atoms with Crippen LogP contribution in [0.25, 0.3) is 0 Å². The predicted molar refractivity (Wildman–Crippen MR) is 128 cm³/mol. The second kappa shape index (κ2) is 10.0. The molecule has 6 nitrogen and oxygen atoms in total. The number of carbonyl (C=O) groups is 3. The number of fused-ring (bicyclic) bond motifs is 1. The first-order chi connectivity index (χ1) is 16.7. The van der Waals surface area contributed by atoms with Gasteiger partial charge >= 0.3 is 11.8 Å². The van der Waals surface area contributed by atoms with Crippen LogP contribution in [0.5, 0.6) is 0 Å². The van der Waals surface area contributed by atoms with Gasteiger partial charge in [0.2, 0.25) is 0 Å². The van der Waals surface area contributed by atoms with Crippen LogP contribution in [0.15, 0.2) is 66.7 Å². The molecule has 180 valence electrons. The monoisotopic (exact) mass is 477 g/mol. The highest BCUT2D eigenvalue weighted by Crippen LogP contribution is 2.29. The van der Waals surface area contributed by atoms with Gasteiger partial charge in [-0.15, -0.1) is 0 Å². The minimum Gasteiger partial charge on any atom is -0.345 e. The van der Waals surface area contributed by atoms with Gasteiger partial charge in [-0.1, -0.05) is 24.3 Å². The molecule has 1 aliphatic heterocycles. The first kappa shape index (κ1) is 24.1. The Morgan fingerprint density at radius 1 is 0.971 bits per heavy atom. The molecule has 1 unspecified atom stereocenters.